The van der Waals surface area contributed by atoms with Crippen LogP contribution in [0.1, 0.15) is 75.0 Å². The van der Waals surface area contributed by atoms with Crippen molar-refractivity contribution in [2.45, 2.75) is 77.5 Å². The quantitative estimate of drug-likeness (QED) is 0.568. The maximum atomic E-state index is 13.2. The molecule has 0 radical (unpaired) electrons. The molecule has 2 fully saturated rings. The molecule has 1 aromatic carbocycles. The number of carbonyl (C=O) groups is 1. The fraction of sp³-hybridized carbons (Fsp3) is 0.630. The SMILES string of the molecule is CCC(CC)NC(=O)c1nnc(N2CCCN(c3ccccc3C#N)CC2)n1CCC1CCCCO1. The van der Waals surface area contributed by atoms with E-state index in [9.17, 15) is 10.1 Å². The minimum atomic E-state index is -0.161. The van der Waals surface area contributed by atoms with Crippen LogP contribution in [0.3, 0.4) is 0 Å². The number of benzene rings is 1. The molecule has 2 aromatic rings. The summed E-state index contributed by atoms with van der Waals surface area (Å²) in [6.45, 7) is 8.82. The van der Waals surface area contributed by atoms with Gasteiger partial charge >= 0.3 is 0 Å². The van der Waals surface area contributed by atoms with Gasteiger partial charge in [0.1, 0.15) is 6.07 Å². The molecule has 194 valence electrons. The number of hydrogen-bond donors (Lipinski definition) is 1. The van der Waals surface area contributed by atoms with E-state index < -0.39 is 0 Å². The largest absolute Gasteiger partial charge is 0.378 e. The Morgan fingerprint density at radius 3 is 2.64 bits per heavy atom. The minimum Gasteiger partial charge on any atom is -0.378 e. The van der Waals surface area contributed by atoms with E-state index in [0.29, 0.717) is 17.9 Å². The lowest BCUT2D eigenvalue weighted by Crippen LogP contribution is -2.37. The fourth-order valence-electron chi connectivity index (χ4n) is 5.16. The van der Waals surface area contributed by atoms with E-state index in [1.54, 1.807) is 0 Å². The monoisotopic (exact) mass is 493 g/mol. The first kappa shape index (κ1) is 26.0. The Bertz CT molecular complexity index is 1040. The number of ether oxygens (including phenoxy) is 1. The van der Waals surface area contributed by atoms with Gasteiger partial charge in [0.25, 0.3) is 5.91 Å². The molecule has 1 aromatic heterocycles. The zero-order chi connectivity index (χ0) is 25.3. The number of nitrogens with one attached hydrogen (secondary N) is 1. The summed E-state index contributed by atoms with van der Waals surface area (Å²) in [4.78, 5) is 17.7. The van der Waals surface area contributed by atoms with Crippen LogP contribution >= 0.6 is 0 Å². The lowest BCUT2D eigenvalue weighted by molar-refractivity contribution is 0.00872. The molecule has 0 saturated carbocycles. The van der Waals surface area contributed by atoms with Crippen molar-refractivity contribution in [3.05, 3.63) is 35.7 Å². The van der Waals surface area contributed by atoms with Gasteiger partial charge in [0.2, 0.25) is 11.8 Å². The summed E-state index contributed by atoms with van der Waals surface area (Å²) in [7, 11) is 0. The van der Waals surface area contributed by atoms with Crippen LogP contribution in [-0.2, 0) is 11.3 Å². The predicted molar refractivity (Wildman–Crippen MR) is 140 cm³/mol. The van der Waals surface area contributed by atoms with Crippen LogP contribution in [0.15, 0.2) is 24.3 Å². The van der Waals surface area contributed by atoms with E-state index in [2.05, 4.69) is 45.2 Å². The Balaban J connectivity index is 1.53. The first-order valence-electron chi connectivity index (χ1n) is 13.5. The van der Waals surface area contributed by atoms with Crippen LogP contribution < -0.4 is 15.1 Å². The van der Waals surface area contributed by atoms with E-state index in [0.717, 1.165) is 82.9 Å². The summed E-state index contributed by atoms with van der Waals surface area (Å²) >= 11 is 0. The molecule has 1 atom stereocenters. The Labute approximate surface area is 214 Å². The van der Waals surface area contributed by atoms with Crippen molar-refractivity contribution in [2.75, 3.05) is 42.6 Å². The van der Waals surface area contributed by atoms with E-state index in [-0.39, 0.29) is 18.1 Å². The van der Waals surface area contributed by atoms with Gasteiger partial charge in [-0.3, -0.25) is 9.36 Å². The summed E-state index contributed by atoms with van der Waals surface area (Å²) in [6.07, 6.45) is 7.11. The van der Waals surface area contributed by atoms with Gasteiger partial charge < -0.3 is 19.9 Å². The molecule has 0 bridgehead atoms. The number of hydrogen-bond acceptors (Lipinski definition) is 7. The Hall–Kier alpha value is -3.12. The third-order valence-corrected chi connectivity index (χ3v) is 7.35. The third-order valence-electron chi connectivity index (χ3n) is 7.35. The van der Waals surface area contributed by atoms with Crippen LogP contribution in [0.25, 0.3) is 0 Å². The maximum Gasteiger partial charge on any atom is 0.289 e. The van der Waals surface area contributed by atoms with Gasteiger partial charge in [-0.05, 0) is 57.1 Å². The number of anilines is 2. The molecule has 0 aliphatic carbocycles. The third kappa shape index (κ3) is 6.16. The van der Waals surface area contributed by atoms with Crippen LogP contribution in [0.5, 0.6) is 0 Å². The number of carbonyl (C=O) groups excluding carboxylic acids is 1. The van der Waals surface area contributed by atoms with Gasteiger partial charge in [-0.25, -0.2) is 0 Å². The summed E-state index contributed by atoms with van der Waals surface area (Å²) in [5.74, 6) is 0.964. The molecule has 4 rings (SSSR count). The second kappa shape index (κ2) is 12.7. The lowest BCUT2D eigenvalue weighted by Gasteiger charge is -2.26. The highest BCUT2D eigenvalue weighted by atomic mass is 16.5. The zero-order valence-electron chi connectivity index (χ0n) is 21.7. The molecule has 1 unspecified atom stereocenters. The standard InChI is InChI=1S/C27H39N7O2/c1-3-22(4-2)29-26(35)25-30-31-27(34(25)16-13-23-11-7-8-19-36-23)33-15-9-14-32(17-18-33)24-12-6-5-10-21(24)20-28/h5-6,10,12,22-23H,3-4,7-9,11,13-19H2,1-2H3,(H,29,35). The van der Waals surface area contributed by atoms with E-state index in [4.69, 9.17) is 4.74 Å². The first-order valence-corrected chi connectivity index (χ1v) is 13.5. The van der Waals surface area contributed by atoms with Gasteiger partial charge in [0.05, 0.1) is 17.4 Å². The molecule has 9 nitrogen and oxygen atoms in total. The lowest BCUT2D eigenvalue weighted by atomic mass is 10.1. The van der Waals surface area contributed by atoms with Crippen molar-refractivity contribution in [3.8, 4) is 6.07 Å². The molecule has 2 saturated heterocycles. The van der Waals surface area contributed by atoms with Crippen molar-refractivity contribution >= 4 is 17.5 Å². The Kier molecular flexibility index (Phi) is 9.17. The average Bonchev–Trinajstić information content (AvgIpc) is 3.20. The van der Waals surface area contributed by atoms with Gasteiger partial charge in [0.15, 0.2) is 0 Å². The van der Waals surface area contributed by atoms with Gasteiger partial charge in [0, 0.05) is 45.4 Å². The number of para-hydroxylation sites is 1. The molecule has 36 heavy (non-hydrogen) atoms. The summed E-state index contributed by atoms with van der Waals surface area (Å²) in [5, 5.41) is 21.6. The van der Waals surface area contributed by atoms with E-state index in [1.165, 1.54) is 6.42 Å². The van der Waals surface area contributed by atoms with Crippen molar-refractivity contribution in [1.82, 2.24) is 20.1 Å². The highest BCUT2D eigenvalue weighted by Gasteiger charge is 2.27. The molecule has 2 aliphatic heterocycles. The molecule has 1 amide bonds. The van der Waals surface area contributed by atoms with E-state index >= 15 is 0 Å². The van der Waals surface area contributed by atoms with Crippen LogP contribution in [0.2, 0.25) is 0 Å². The fourth-order valence-corrected chi connectivity index (χ4v) is 5.16. The zero-order valence-corrected chi connectivity index (χ0v) is 21.7. The van der Waals surface area contributed by atoms with Crippen molar-refractivity contribution in [1.29, 1.82) is 5.26 Å². The second-order valence-electron chi connectivity index (χ2n) is 9.70. The van der Waals surface area contributed by atoms with Gasteiger partial charge in [-0.15, -0.1) is 10.2 Å². The summed E-state index contributed by atoms with van der Waals surface area (Å²) in [5.41, 5.74) is 1.67. The number of amides is 1. The van der Waals surface area contributed by atoms with Crippen molar-refractivity contribution in [3.63, 3.8) is 0 Å². The number of nitriles is 1. The molecule has 9 heteroatoms. The second-order valence-corrected chi connectivity index (χ2v) is 9.70. The van der Waals surface area contributed by atoms with Crippen molar-refractivity contribution < 1.29 is 9.53 Å². The molecule has 1 N–H and O–H groups in total. The molecule has 0 spiro atoms. The molecular weight excluding hydrogens is 454 g/mol. The highest BCUT2D eigenvalue weighted by molar-refractivity contribution is 5.91. The predicted octanol–water partition coefficient (Wildman–Crippen LogP) is 3.74. The minimum absolute atomic E-state index is 0.125. The van der Waals surface area contributed by atoms with Crippen LogP contribution in [0, 0.1) is 11.3 Å². The average molecular weight is 494 g/mol. The van der Waals surface area contributed by atoms with E-state index in [1.807, 2.05) is 28.8 Å². The van der Waals surface area contributed by atoms with Crippen LogP contribution in [-0.4, -0.2) is 65.6 Å². The normalized spacial score (nSPS) is 18.7. The number of aromatic nitrogens is 3. The maximum absolute atomic E-state index is 13.2. The molecular formula is C27H39N7O2. The van der Waals surface area contributed by atoms with Gasteiger partial charge in [-0.2, -0.15) is 5.26 Å². The Morgan fingerprint density at radius 2 is 1.89 bits per heavy atom. The highest BCUT2D eigenvalue weighted by Crippen LogP contribution is 2.24. The Morgan fingerprint density at radius 1 is 1.11 bits per heavy atom. The number of rotatable bonds is 9. The summed E-state index contributed by atoms with van der Waals surface area (Å²) in [6, 6.07) is 10.2. The first-order chi connectivity index (χ1) is 17.6. The molecule has 3 heterocycles. The van der Waals surface area contributed by atoms with Crippen LogP contribution in [0.4, 0.5) is 11.6 Å². The topological polar surface area (TPSA) is 99.3 Å². The molecule has 2 aliphatic rings. The smallest absolute Gasteiger partial charge is 0.289 e. The summed E-state index contributed by atoms with van der Waals surface area (Å²) < 4.78 is 7.96. The van der Waals surface area contributed by atoms with Gasteiger partial charge in [-0.1, -0.05) is 26.0 Å². The van der Waals surface area contributed by atoms with Crippen molar-refractivity contribution in [2.24, 2.45) is 0 Å². The number of nitrogens with zero attached hydrogens (tertiary/aromatic N) is 6.